The summed E-state index contributed by atoms with van der Waals surface area (Å²) in [5.74, 6) is -1.59. The minimum atomic E-state index is -4.74. The molecule has 0 aliphatic carbocycles. The standard InChI is InChI=1S/C26H26F3N7O5S.C25H23F3N6O4/c1-6-35-13-16(10-19(24(35)38)23(37)34-42(5,39)40)20-12-30-25(31-17-7-14(2)8-18(11-17)41-4)32-22(20)36-15(3)9-21(33-36)26(27,28)29;1-5-33-12-15(9-18(22(33)35)23(36)37)19-11-29-24(30-16-6-13(2)7-17(10-16)38-4)31-21(19)34-14(3)8-20(32-34)25(26,27)28/h7-13H,6H2,1-5H3,(H,34,37)(H,30,31,32);6-12H,5H2,1-4H3,(H,36,37)(H,29,30,31). The highest BCUT2D eigenvalue weighted by atomic mass is 32.2. The molecule has 0 saturated heterocycles. The van der Waals surface area contributed by atoms with Gasteiger partial charge in [-0.05, 0) is 101 Å². The number of amides is 1. The summed E-state index contributed by atoms with van der Waals surface area (Å²) in [7, 11) is -0.991. The molecule has 0 unspecified atom stereocenters. The molecule has 0 bridgehead atoms. The van der Waals surface area contributed by atoms with E-state index in [1.54, 1.807) is 48.9 Å². The van der Waals surface area contributed by atoms with E-state index in [1.807, 2.05) is 19.9 Å². The van der Waals surface area contributed by atoms with Crippen LogP contribution in [0.5, 0.6) is 11.5 Å². The zero-order chi connectivity index (χ0) is 58.8. The van der Waals surface area contributed by atoms with Crippen LogP contribution in [0.25, 0.3) is 33.9 Å². The maximum atomic E-state index is 13.6. The smallest absolute Gasteiger partial charge is 0.435 e. The number of hydrogen-bond acceptors (Lipinski definition) is 16. The molecule has 8 aromatic rings. The van der Waals surface area contributed by atoms with Crippen molar-refractivity contribution in [3.05, 3.63) is 151 Å². The number of pyridine rings is 2. The molecule has 1 amide bonds. The van der Waals surface area contributed by atoms with E-state index in [2.05, 4.69) is 40.8 Å². The number of carboxylic acids is 1. The van der Waals surface area contributed by atoms with E-state index in [4.69, 9.17) is 9.47 Å². The third kappa shape index (κ3) is 13.3. The van der Waals surface area contributed by atoms with E-state index in [-0.39, 0.29) is 70.3 Å². The lowest BCUT2D eigenvalue weighted by Crippen LogP contribution is -2.35. The summed E-state index contributed by atoms with van der Waals surface area (Å²) >= 11 is 0. The third-order valence-corrected chi connectivity index (χ3v) is 12.2. The van der Waals surface area contributed by atoms with Gasteiger partial charge in [0, 0.05) is 95.0 Å². The summed E-state index contributed by atoms with van der Waals surface area (Å²) in [6, 6.07) is 14.6. The first-order valence-corrected chi connectivity index (χ1v) is 25.5. The number of aromatic carboxylic acids is 1. The maximum Gasteiger partial charge on any atom is 0.435 e. The van der Waals surface area contributed by atoms with Gasteiger partial charge in [-0.3, -0.25) is 14.4 Å². The highest BCUT2D eigenvalue weighted by molar-refractivity contribution is 7.89. The molecule has 22 nitrogen and oxygen atoms in total. The molecule has 0 aliphatic rings. The van der Waals surface area contributed by atoms with E-state index >= 15 is 0 Å². The van der Waals surface area contributed by atoms with E-state index in [9.17, 15) is 59.0 Å². The lowest BCUT2D eigenvalue weighted by Gasteiger charge is -2.15. The molecule has 8 rings (SSSR count). The van der Waals surface area contributed by atoms with Crippen LogP contribution in [-0.2, 0) is 35.5 Å². The predicted octanol–water partition coefficient (Wildman–Crippen LogP) is 8.19. The number of sulfonamides is 1. The number of benzene rings is 2. The number of aromatic nitrogens is 10. The number of halogens is 6. The molecule has 0 aliphatic heterocycles. The Morgan fingerprint density at radius 2 is 1.02 bits per heavy atom. The fourth-order valence-electron chi connectivity index (χ4n) is 7.96. The summed E-state index contributed by atoms with van der Waals surface area (Å²) in [6.07, 6.45) is -3.29. The van der Waals surface area contributed by atoms with Crippen LogP contribution in [0.3, 0.4) is 0 Å². The van der Waals surface area contributed by atoms with E-state index in [0.29, 0.717) is 22.9 Å². The predicted molar refractivity (Wildman–Crippen MR) is 280 cm³/mol. The Balaban J connectivity index is 0.000000232. The van der Waals surface area contributed by atoms with Crippen LogP contribution >= 0.6 is 0 Å². The first-order chi connectivity index (χ1) is 37.5. The van der Waals surface area contributed by atoms with Crippen LogP contribution in [0, 0.1) is 27.7 Å². The van der Waals surface area contributed by atoms with Crippen LogP contribution in [-0.4, -0.2) is 94.5 Å². The lowest BCUT2D eigenvalue weighted by atomic mass is 10.1. The van der Waals surface area contributed by atoms with E-state index < -0.39 is 67.9 Å². The summed E-state index contributed by atoms with van der Waals surface area (Å²) in [4.78, 5) is 67.3. The molecule has 420 valence electrons. The van der Waals surface area contributed by atoms with Crippen molar-refractivity contribution in [3.8, 4) is 45.4 Å². The van der Waals surface area contributed by atoms with Crippen molar-refractivity contribution in [3.63, 3.8) is 0 Å². The number of aryl methyl sites for hydroxylation is 6. The van der Waals surface area contributed by atoms with Crippen LogP contribution < -0.4 is 35.9 Å². The normalized spacial score (nSPS) is 11.6. The average Bonchev–Trinajstić information content (AvgIpc) is 4.13. The number of carbonyl (C=O) groups excluding carboxylic acids is 1. The van der Waals surface area contributed by atoms with Crippen LogP contribution in [0.4, 0.5) is 49.6 Å². The van der Waals surface area contributed by atoms with Crippen molar-refractivity contribution in [2.45, 2.75) is 67.0 Å². The van der Waals surface area contributed by atoms with Gasteiger partial charge in [0.1, 0.15) is 22.6 Å². The Bertz CT molecular complexity index is 3950. The van der Waals surface area contributed by atoms with Gasteiger partial charge in [0.05, 0.1) is 20.5 Å². The molecular formula is C51H49F6N13O9S. The van der Waals surface area contributed by atoms with Gasteiger partial charge in [-0.1, -0.05) is 0 Å². The van der Waals surface area contributed by atoms with E-state index in [0.717, 1.165) is 55.6 Å². The monoisotopic (exact) mass is 1130 g/mol. The average molecular weight is 1130 g/mol. The third-order valence-electron chi connectivity index (χ3n) is 11.6. The number of hydrogen-bond donors (Lipinski definition) is 4. The SMILES string of the molecule is CCn1cc(-c2cnc(Nc3cc(C)cc(OC)c3)nc2-n2nc(C(F)(F)F)cc2C)cc(C(=O)NS(C)(=O)=O)c1=O.CCn1cc(-c2cnc(Nc3cc(C)cc(OC)c3)nc2-n2nc(C(F)(F)F)cc2C)cc(C(=O)O)c1=O. The van der Waals surface area contributed by atoms with Crippen LogP contribution in [0.1, 0.15) is 68.5 Å². The quantitative estimate of drug-likeness (QED) is 0.0704. The van der Waals surface area contributed by atoms with Crippen molar-refractivity contribution in [1.82, 2.24) is 53.4 Å². The maximum absolute atomic E-state index is 13.6. The fraction of sp³-hybridized carbons (Fsp3) is 0.255. The summed E-state index contributed by atoms with van der Waals surface area (Å²) < 4.78 is 121. The first kappa shape index (κ1) is 58.3. The summed E-state index contributed by atoms with van der Waals surface area (Å²) in [6.45, 7) is 10.1. The molecule has 0 saturated carbocycles. The van der Waals surface area contributed by atoms with Crippen molar-refractivity contribution in [2.24, 2.45) is 0 Å². The number of alkyl halides is 6. The lowest BCUT2D eigenvalue weighted by molar-refractivity contribution is -0.142. The van der Waals surface area contributed by atoms with Gasteiger partial charge < -0.3 is 34.3 Å². The second-order valence-corrected chi connectivity index (χ2v) is 19.5. The Hall–Kier alpha value is -9.41. The first-order valence-electron chi connectivity index (χ1n) is 23.6. The van der Waals surface area contributed by atoms with Gasteiger partial charge in [0.15, 0.2) is 23.0 Å². The summed E-state index contributed by atoms with van der Waals surface area (Å²) in [5.41, 5.74) is -1.08. The number of carbonyl (C=O) groups is 2. The number of anilines is 4. The number of nitrogens with zero attached hydrogens (tertiary/aromatic N) is 10. The number of rotatable bonds is 15. The van der Waals surface area contributed by atoms with Crippen molar-refractivity contribution >= 4 is 45.2 Å². The van der Waals surface area contributed by atoms with Crippen molar-refractivity contribution < 1.29 is 58.9 Å². The minimum Gasteiger partial charge on any atom is -0.497 e. The molecule has 29 heteroatoms. The zero-order valence-electron chi connectivity index (χ0n) is 43.9. The highest BCUT2D eigenvalue weighted by Gasteiger charge is 2.36. The van der Waals surface area contributed by atoms with Gasteiger partial charge in [0.25, 0.3) is 17.0 Å². The summed E-state index contributed by atoms with van der Waals surface area (Å²) in [5, 5.41) is 23.0. The Morgan fingerprint density at radius 1 is 0.625 bits per heavy atom. The second kappa shape index (κ2) is 22.9. The molecule has 80 heavy (non-hydrogen) atoms. The van der Waals surface area contributed by atoms with Crippen LogP contribution in [0.15, 0.2) is 95.0 Å². The van der Waals surface area contributed by atoms with Crippen molar-refractivity contribution in [2.75, 3.05) is 31.1 Å². The molecular weight excluding hydrogens is 1080 g/mol. The fourth-order valence-corrected chi connectivity index (χ4v) is 8.41. The Labute approximate surface area is 450 Å². The molecule has 6 aromatic heterocycles. The molecule has 6 heterocycles. The minimum absolute atomic E-state index is 0.00344. The number of nitrogens with one attached hydrogen (secondary N) is 3. The topological polar surface area (TPSA) is 274 Å². The molecule has 4 N–H and O–H groups in total. The Kier molecular flexibility index (Phi) is 16.7. The van der Waals surface area contributed by atoms with Crippen molar-refractivity contribution in [1.29, 1.82) is 0 Å². The zero-order valence-corrected chi connectivity index (χ0v) is 44.7. The van der Waals surface area contributed by atoms with Gasteiger partial charge in [-0.15, -0.1) is 0 Å². The molecule has 0 atom stereocenters. The van der Waals surface area contributed by atoms with E-state index in [1.165, 1.54) is 57.4 Å². The molecule has 0 fully saturated rings. The van der Waals surface area contributed by atoms with Gasteiger partial charge in [-0.25, -0.2) is 37.3 Å². The highest BCUT2D eigenvalue weighted by Crippen LogP contribution is 2.35. The molecule has 0 spiro atoms. The van der Waals surface area contributed by atoms with Gasteiger partial charge in [0.2, 0.25) is 21.9 Å². The Morgan fingerprint density at radius 3 is 1.38 bits per heavy atom. The number of ether oxygens (including phenoxy) is 2. The number of carboxylic acid groups (broad SMARTS) is 1. The van der Waals surface area contributed by atoms with Gasteiger partial charge >= 0.3 is 18.3 Å². The van der Waals surface area contributed by atoms with Crippen LogP contribution in [0.2, 0.25) is 0 Å². The largest absolute Gasteiger partial charge is 0.497 e. The number of methoxy groups -OCH3 is 2. The molecule has 0 radical (unpaired) electrons. The van der Waals surface area contributed by atoms with Gasteiger partial charge in [-0.2, -0.15) is 46.5 Å². The molecule has 2 aromatic carbocycles. The second-order valence-electron chi connectivity index (χ2n) is 17.7.